The molecule has 0 radical (unpaired) electrons. The Morgan fingerprint density at radius 1 is 1.69 bits per heavy atom. The zero-order chi connectivity index (χ0) is 11.5. The third kappa shape index (κ3) is 2.27. The average Bonchev–Trinajstić information content (AvgIpc) is 2.60. The van der Waals surface area contributed by atoms with E-state index in [0.717, 1.165) is 12.8 Å². The monoisotopic (exact) mass is 222 g/mol. The Labute approximate surface area is 95.3 Å². The summed E-state index contributed by atoms with van der Waals surface area (Å²) in [6.07, 6.45) is 5.02. The van der Waals surface area contributed by atoms with Crippen molar-refractivity contribution in [3.05, 3.63) is 24.0 Å². The Morgan fingerprint density at radius 2 is 2.44 bits per heavy atom. The fraction of sp³-hybridized carbons (Fsp3) is 0.583. The molecule has 1 amide bonds. The van der Waals surface area contributed by atoms with E-state index in [1.54, 1.807) is 6.92 Å². The van der Waals surface area contributed by atoms with Gasteiger partial charge in [-0.3, -0.25) is 4.79 Å². The predicted octanol–water partition coefficient (Wildman–Crippen LogP) is 1.32. The molecule has 1 saturated carbocycles. The Bertz CT molecular complexity index is 367. The molecule has 1 aromatic heterocycles. The van der Waals surface area contributed by atoms with E-state index < -0.39 is 6.10 Å². The van der Waals surface area contributed by atoms with Crippen molar-refractivity contribution in [2.75, 3.05) is 6.54 Å². The molecule has 0 aliphatic heterocycles. The van der Waals surface area contributed by atoms with E-state index in [9.17, 15) is 4.79 Å². The minimum Gasteiger partial charge on any atom is -0.392 e. The first kappa shape index (κ1) is 11.2. The van der Waals surface area contributed by atoms with E-state index in [2.05, 4.69) is 5.32 Å². The topological polar surface area (TPSA) is 54.3 Å². The van der Waals surface area contributed by atoms with Crippen molar-refractivity contribution in [2.45, 2.75) is 38.3 Å². The highest BCUT2D eigenvalue weighted by Crippen LogP contribution is 2.32. The van der Waals surface area contributed by atoms with E-state index in [1.165, 1.54) is 6.42 Å². The number of aliphatic hydroxyl groups excluding tert-OH is 1. The molecule has 2 rings (SSSR count). The van der Waals surface area contributed by atoms with Crippen molar-refractivity contribution in [1.82, 2.24) is 9.88 Å². The normalized spacial score (nSPS) is 17.9. The van der Waals surface area contributed by atoms with Crippen molar-refractivity contribution in [1.29, 1.82) is 0 Å². The van der Waals surface area contributed by atoms with E-state index in [-0.39, 0.29) is 5.91 Å². The lowest BCUT2D eigenvalue weighted by Gasteiger charge is -2.28. The summed E-state index contributed by atoms with van der Waals surface area (Å²) in [5.41, 5.74) is 0.699. The summed E-state index contributed by atoms with van der Waals surface area (Å²) in [5.74, 6) is -0.0993. The lowest BCUT2D eigenvalue weighted by atomic mass is 9.93. The summed E-state index contributed by atoms with van der Waals surface area (Å²) in [5, 5.41) is 11.8. The highest BCUT2D eigenvalue weighted by Gasteiger charge is 2.22. The summed E-state index contributed by atoms with van der Waals surface area (Å²) >= 11 is 0. The van der Waals surface area contributed by atoms with Crippen LogP contribution in [0.25, 0.3) is 0 Å². The van der Waals surface area contributed by atoms with Crippen LogP contribution in [0.3, 0.4) is 0 Å². The van der Waals surface area contributed by atoms with Gasteiger partial charge >= 0.3 is 0 Å². The molecule has 2 N–H and O–H groups in total. The number of amides is 1. The number of carbonyl (C=O) groups excluding carboxylic acids is 1. The number of hydrogen-bond donors (Lipinski definition) is 2. The van der Waals surface area contributed by atoms with Crippen LogP contribution in [-0.2, 0) is 0 Å². The Kier molecular flexibility index (Phi) is 3.29. The first-order valence-electron chi connectivity index (χ1n) is 5.81. The second-order valence-corrected chi connectivity index (χ2v) is 4.44. The van der Waals surface area contributed by atoms with Gasteiger partial charge in [0.25, 0.3) is 5.91 Å². The number of nitrogens with one attached hydrogen (secondary N) is 1. The first-order valence-corrected chi connectivity index (χ1v) is 5.81. The van der Waals surface area contributed by atoms with Gasteiger partial charge in [0.15, 0.2) is 0 Å². The lowest BCUT2D eigenvalue weighted by molar-refractivity contribution is 0.0909. The van der Waals surface area contributed by atoms with Gasteiger partial charge in [0.1, 0.15) is 5.69 Å². The van der Waals surface area contributed by atoms with E-state index in [1.807, 2.05) is 22.9 Å². The third-order valence-electron chi connectivity index (χ3n) is 3.04. The summed E-state index contributed by atoms with van der Waals surface area (Å²) < 4.78 is 2.04. The molecular weight excluding hydrogens is 204 g/mol. The van der Waals surface area contributed by atoms with Crippen LogP contribution < -0.4 is 5.32 Å². The van der Waals surface area contributed by atoms with Crippen molar-refractivity contribution < 1.29 is 9.90 Å². The van der Waals surface area contributed by atoms with Gasteiger partial charge in [-0.25, -0.2) is 0 Å². The Hall–Kier alpha value is -1.29. The van der Waals surface area contributed by atoms with E-state index in [0.29, 0.717) is 18.3 Å². The number of carbonyl (C=O) groups is 1. The van der Waals surface area contributed by atoms with Crippen LogP contribution in [0.2, 0.25) is 0 Å². The van der Waals surface area contributed by atoms with Gasteiger partial charge in [-0.2, -0.15) is 0 Å². The molecule has 1 aliphatic rings. The fourth-order valence-corrected chi connectivity index (χ4v) is 1.90. The molecule has 1 aliphatic carbocycles. The minimum atomic E-state index is -0.504. The standard InChI is InChI=1S/C12H18N2O2/c1-9(15)8-13-12(16)11-6-3-7-14(11)10-4-2-5-10/h3,6-7,9-10,15H,2,4-5,8H2,1H3,(H,13,16). The van der Waals surface area contributed by atoms with Crippen LogP contribution in [0.5, 0.6) is 0 Å². The molecule has 1 fully saturated rings. The molecule has 0 saturated heterocycles. The zero-order valence-electron chi connectivity index (χ0n) is 9.52. The molecular formula is C12H18N2O2. The molecule has 4 heteroatoms. The van der Waals surface area contributed by atoms with Crippen LogP contribution in [0, 0.1) is 0 Å². The quantitative estimate of drug-likeness (QED) is 0.807. The van der Waals surface area contributed by atoms with Gasteiger partial charge in [-0.15, -0.1) is 0 Å². The number of hydrogen-bond acceptors (Lipinski definition) is 2. The van der Waals surface area contributed by atoms with Crippen LogP contribution in [0.15, 0.2) is 18.3 Å². The number of rotatable bonds is 4. The van der Waals surface area contributed by atoms with Crippen LogP contribution >= 0.6 is 0 Å². The highest BCUT2D eigenvalue weighted by molar-refractivity contribution is 5.92. The molecule has 1 unspecified atom stereocenters. The molecule has 4 nitrogen and oxygen atoms in total. The molecule has 1 heterocycles. The van der Waals surface area contributed by atoms with Gasteiger partial charge in [0.2, 0.25) is 0 Å². The first-order chi connectivity index (χ1) is 7.68. The second-order valence-electron chi connectivity index (χ2n) is 4.44. The van der Waals surface area contributed by atoms with E-state index in [4.69, 9.17) is 5.11 Å². The van der Waals surface area contributed by atoms with Crippen molar-refractivity contribution in [2.24, 2.45) is 0 Å². The third-order valence-corrected chi connectivity index (χ3v) is 3.04. The number of nitrogens with zero attached hydrogens (tertiary/aromatic N) is 1. The smallest absolute Gasteiger partial charge is 0.268 e. The Morgan fingerprint density at radius 3 is 3.00 bits per heavy atom. The maximum atomic E-state index is 11.8. The van der Waals surface area contributed by atoms with Crippen molar-refractivity contribution >= 4 is 5.91 Å². The summed E-state index contributed by atoms with van der Waals surface area (Å²) in [7, 11) is 0. The summed E-state index contributed by atoms with van der Waals surface area (Å²) in [6.45, 7) is 1.96. The van der Waals surface area contributed by atoms with Gasteiger partial charge < -0.3 is 15.0 Å². The zero-order valence-corrected chi connectivity index (χ0v) is 9.52. The number of aromatic nitrogens is 1. The number of aliphatic hydroxyl groups is 1. The van der Waals surface area contributed by atoms with Crippen LogP contribution in [0.4, 0.5) is 0 Å². The molecule has 0 bridgehead atoms. The molecule has 0 spiro atoms. The summed E-state index contributed by atoms with van der Waals surface area (Å²) in [4.78, 5) is 11.8. The molecule has 16 heavy (non-hydrogen) atoms. The lowest BCUT2D eigenvalue weighted by Crippen LogP contribution is -2.33. The summed E-state index contributed by atoms with van der Waals surface area (Å²) in [6, 6.07) is 4.22. The SMILES string of the molecule is CC(O)CNC(=O)c1cccn1C1CCC1. The van der Waals surface area contributed by atoms with Gasteiger partial charge in [0, 0.05) is 18.8 Å². The average molecular weight is 222 g/mol. The van der Waals surface area contributed by atoms with E-state index >= 15 is 0 Å². The largest absolute Gasteiger partial charge is 0.392 e. The van der Waals surface area contributed by atoms with Gasteiger partial charge in [-0.05, 0) is 38.3 Å². The van der Waals surface area contributed by atoms with Gasteiger partial charge in [0.05, 0.1) is 6.10 Å². The second kappa shape index (κ2) is 4.70. The molecule has 1 aromatic rings. The maximum absolute atomic E-state index is 11.8. The Balaban J connectivity index is 2.02. The van der Waals surface area contributed by atoms with Crippen LogP contribution in [-0.4, -0.2) is 28.2 Å². The predicted molar refractivity (Wildman–Crippen MR) is 61.3 cm³/mol. The molecule has 0 aromatic carbocycles. The van der Waals surface area contributed by atoms with Crippen LogP contribution in [0.1, 0.15) is 42.7 Å². The molecule has 1 atom stereocenters. The van der Waals surface area contributed by atoms with Crippen molar-refractivity contribution in [3.63, 3.8) is 0 Å². The minimum absolute atomic E-state index is 0.0993. The highest BCUT2D eigenvalue weighted by atomic mass is 16.3. The van der Waals surface area contributed by atoms with Gasteiger partial charge in [-0.1, -0.05) is 0 Å². The fourth-order valence-electron chi connectivity index (χ4n) is 1.90. The maximum Gasteiger partial charge on any atom is 0.268 e. The van der Waals surface area contributed by atoms with Crippen molar-refractivity contribution in [3.8, 4) is 0 Å². The molecule has 88 valence electrons.